The van der Waals surface area contributed by atoms with Gasteiger partial charge in [-0.15, -0.1) is 0 Å². The number of benzene rings is 1. The molecule has 0 aliphatic carbocycles. The van der Waals surface area contributed by atoms with Gasteiger partial charge in [0.15, 0.2) is 0 Å². The second-order valence-corrected chi connectivity index (χ2v) is 6.63. The van der Waals surface area contributed by atoms with Crippen LogP contribution in [-0.2, 0) is 14.8 Å². The second-order valence-electron chi connectivity index (χ2n) is 4.95. The fourth-order valence-electron chi connectivity index (χ4n) is 1.70. The van der Waals surface area contributed by atoms with Gasteiger partial charge >= 0.3 is 5.97 Å². The van der Waals surface area contributed by atoms with Crippen LogP contribution >= 0.6 is 0 Å². The van der Waals surface area contributed by atoms with Crippen molar-refractivity contribution in [2.24, 2.45) is 5.92 Å². The minimum absolute atomic E-state index is 0.124. The first-order valence-corrected chi connectivity index (χ1v) is 7.46. The van der Waals surface area contributed by atoms with Gasteiger partial charge in [0.05, 0.1) is 4.90 Å². The summed E-state index contributed by atoms with van der Waals surface area (Å²) >= 11 is 0. The number of nitrogens with one attached hydrogen (secondary N) is 1. The van der Waals surface area contributed by atoms with E-state index < -0.39 is 22.0 Å². The Morgan fingerprint density at radius 1 is 1.26 bits per heavy atom. The molecule has 106 valence electrons. The van der Waals surface area contributed by atoms with Gasteiger partial charge in [-0.2, -0.15) is 4.72 Å². The summed E-state index contributed by atoms with van der Waals surface area (Å²) in [4.78, 5) is 11.2. The van der Waals surface area contributed by atoms with Crippen molar-refractivity contribution in [3.05, 3.63) is 29.3 Å². The van der Waals surface area contributed by atoms with E-state index in [2.05, 4.69) is 4.72 Å². The molecule has 0 saturated carbocycles. The van der Waals surface area contributed by atoms with Gasteiger partial charge < -0.3 is 5.11 Å². The van der Waals surface area contributed by atoms with E-state index in [0.717, 1.165) is 5.56 Å². The highest BCUT2D eigenvalue weighted by Crippen LogP contribution is 2.18. The van der Waals surface area contributed by atoms with E-state index in [-0.39, 0.29) is 10.8 Å². The van der Waals surface area contributed by atoms with Crippen LogP contribution in [0.25, 0.3) is 0 Å². The summed E-state index contributed by atoms with van der Waals surface area (Å²) in [5.41, 5.74) is 1.40. The fraction of sp³-hybridized carbons (Fsp3) is 0.462. The lowest BCUT2D eigenvalue weighted by atomic mass is 10.1. The van der Waals surface area contributed by atoms with Crippen LogP contribution in [0.4, 0.5) is 0 Å². The molecule has 2 N–H and O–H groups in total. The topological polar surface area (TPSA) is 83.5 Å². The number of carboxylic acid groups (broad SMARTS) is 1. The minimum Gasteiger partial charge on any atom is -0.480 e. The number of aliphatic carboxylic acids is 1. The zero-order chi connectivity index (χ0) is 14.8. The molecule has 0 aliphatic rings. The molecule has 0 bridgehead atoms. The van der Waals surface area contributed by atoms with Crippen molar-refractivity contribution in [2.45, 2.75) is 38.6 Å². The van der Waals surface area contributed by atoms with Crippen LogP contribution in [0.5, 0.6) is 0 Å². The molecule has 1 aromatic rings. The molecule has 0 amide bonds. The van der Waals surface area contributed by atoms with Crippen molar-refractivity contribution in [3.63, 3.8) is 0 Å². The smallest absolute Gasteiger partial charge is 0.322 e. The first-order chi connectivity index (χ1) is 8.65. The molecule has 1 atom stereocenters. The molecule has 0 heterocycles. The summed E-state index contributed by atoms with van der Waals surface area (Å²) in [5, 5.41) is 9.05. The van der Waals surface area contributed by atoms with Gasteiger partial charge in [0.1, 0.15) is 6.04 Å². The zero-order valence-electron chi connectivity index (χ0n) is 11.5. The van der Waals surface area contributed by atoms with Gasteiger partial charge in [0.25, 0.3) is 0 Å². The maximum absolute atomic E-state index is 12.3. The minimum atomic E-state index is -3.83. The largest absolute Gasteiger partial charge is 0.480 e. The van der Waals surface area contributed by atoms with E-state index in [4.69, 9.17) is 5.11 Å². The molecule has 0 spiro atoms. The Balaban J connectivity index is 3.17. The molecule has 5 nitrogen and oxygen atoms in total. The van der Waals surface area contributed by atoms with Gasteiger partial charge in [0.2, 0.25) is 10.0 Å². The maximum Gasteiger partial charge on any atom is 0.322 e. The molecule has 0 saturated heterocycles. The maximum atomic E-state index is 12.3. The Morgan fingerprint density at radius 3 is 2.32 bits per heavy atom. The molecule has 1 unspecified atom stereocenters. The predicted molar refractivity (Wildman–Crippen MR) is 72.5 cm³/mol. The van der Waals surface area contributed by atoms with Crippen LogP contribution in [0.15, 0.2) is 23.1 Å². The molecule has 0 aromatic heterocycles. The fourth-order valence-corrected chi connectivity index (χ4v) is 3.37. The van der Waals surface area contributed by atoms with Crippen molar-refractivity contribution in [1.29, 1.82) is 0 Å². The highest BCUT2D eigenvalue weighted by atomic mass is 32.2. The van der Waals surface area contributed by atoms with E-state index in [9.17, 15) is 13.2 Å². The number of sulfonamides is 1. The average Bonchev–Trinajstić information content (AvgIpc) is 2.28. The standard InChI is InChI=1S/C13H19NO4S/c1-8(2)12(13(15)16)14-19(17,18)11-7-9(3)5-6-10(11)4/h5-8,12,14H,1-4H3,(H,15,16). The Kier molecular flexibility index (Phi) is 4.70. The van der Waals surface area contributed by atoms with Gasteiger partial charge in [-0.3, -0.25) is 4.79 Å². The number of carboxylic acids is 1. The van der Waals surface area contributed by atoms with Crippen molar-refractivity contribution >= 4 is 16.0 Å². The molecule has 0 fully saturated rings. The highest BCUT2D eigenvalue weighted by molar-refractivity contribution is 7.89. The number of hydrogen-bond acceptors (Lipinski definition) is 3. The summed E-state index contributed by atoms with van der Waals surface area (Å²) in [6.45, 7) is 6.78. The van der Waals surface area contributed by atoms with E-state index in [0.29, 0.717) is 5.56 Å². The predicted octanol–water partition coefficient (Wildman–Crippen LogP) is 1.69. The number of aryl methyl sites for hydroxylation is 2. The van der Waals surface area contributed by atoms with Crippen molar-refractivity contribution in [1.82, 2.24) is 4.72 Å². The summed E-state index contributed by atoms with van der Waals surface area (Å²) in [7, 11) is -3.83. The third-order valence-electron chi connectivity index (χ3n) is 2.85. The molecule has 0 aliphatic heterocycles. The Hall–Kier alpha value is -1.40. The van der Waals surface area contributed by atoms with E-state index >= 15 is 0 Å². The highest BCUT2D eigenvalue weighted by Gasteiger charge is 2.28. The lowest BCUT2D eigenvalue weighted by Gasteiger charge is -2.19. The molecule has 1 rings (SSSR count). The van der Waals surface area contributed by atoms with Crippen LogP contribution in [0.2, 0.25) is 0 Å². The Labute approximate surface area is 113 Å². The number of carbonyl (C=O) groups is 1. The quantitative estimate of drug-likeness (QED) is 0.862. The van der Waals surface area contributed by atoms with Crippen molar-refractivity contribution in [2.75, 3.05) is 0 Å². The lowest BCUT2D eigenvalue weighted by molar-refractivity contribution is -0.140. The second kappa shape index (κ2) is 5.71. The van der Waals surface area contributed by atoms with E-state index in [1.165, 1.54) is 6.07 Å². The van der Waals surface area contributed by atoms with Crippen LogP contribution in [0.1, 0.15) is 25.0 Å². The van der Waals surface area contributed by atoms with Crippen LogP contribution < -0.4 is 4.72 Å². The van der Waals surface area contributed by atoms with Crippen LogP contribution in [0.3, 0.4) is 0 Å². The number of rotatable bonds is 5. The van der Waals surface area contributed by atoms with Gasteiger partial charge in [-0.05, 0) is 37.0 Å². The van der Waals surface area contributed by atoms with Crippen LogP contribution in [-0.4, -0.2) is 25.5 Å². The summed E-state index contributed by atoms with van der Waals surface area (Å²) < 4.78 is 26.7. The summed E-state index contributed by atoms with van der Waals surface area (Å²) in [5.74, 6) is -1.51. The zero-order valence-corrected chi connectivity index (χ0v) is 12.3. The summed E-state index contributed by atoms with van der Waals surface area (Å²) in [6.07, 6.45) is 0. The molecule has 1 aromatic carbocycles. The third-order valence-corrected chi connectivity index (χ3v) is 4.43. The Bertz CT molecular complexity index is 578. The van der Waals surface area contributed by atoms with Crippen molar-refractivity contribution < 1.29 is 18.3 Å². The van der Waals surface area contributed by atoms with E-state index in [1.807, 2.05) is 6.07 Å². The SMILES string of the molecule is Cc1ccc(C)c(S(=O)(=O)NC(C(=O)O)C(C)C)c1. The lowest BCUT2D eigenvalue weighted by Crippen LogP contribution is -2.44. The molecular formula is C13H19NO4S. The van der Waals surface area contributed by atoms with E-state index in [1.54, 1.807) is 33.8 Å². The van der Waals surface area contributed by atoms with Crippen molar-refractivity contribution in [3.8, 4) is 0 Å². The van der Waals surface area contributed by atoms with Crippen LogP contribution in [0, 0.1) is 19.8 Å². The molecule has 0 radical (unpaired) electrons. The van der Waals surface area contributed by atoms with Gasteiger partial charge in [-0.1, -0.05) is 26.0 Å². The average molecular weight is 285 g/mol. The normalized spacial score (nSPS) is 13.5. The molecular weight excluding hydrogens is 266 g/mol. The van der Waals surface area contributed by atoms with Gasteiger partial charge in [0, 0.05) is 0 Å². The molecule has 19 heavy (non-hydrogen) atoms. The Morgan fingerprint density at radius 2 is 1.84 bits per heavy atom. The number of hydrogen-bond donors (Lipinski definition) is 2. The monoisotopic (exact) mass is 285 g/mol. The molecule has 6 heteroatoms. The first kappa shape index (κ1) is 15.7. The first-order valence-electron chi connectivity index (χ1n) is 5.97. The van der Waals surface area contributed by atoms with Gasteiger partial charge in [-0.25, -0.2) is 8.42 Å². The third kappa shape index (κ3) is 3.78. The summed E-state index contributed by atoms with van der Waals surface area (Å²) in [6, 6.07) is 3.92.